The van der Waals surface area contributed by atoms with Gasteiger partial charge in [0, 0.05) is 13.6 Å². The van der Waals surface area contributed by atoms with E-state index in [2.05, 4.69) is 30.9 Å². The van der Waals surface area contributed by atoms with Crippen LogP contribution in [-0.4, -0.2) is 33.2 Å². The summed E-state index contributed by atoms with van der Waals surface area (Å²) in [6.07, 6.45) is -2.94. The van der Waals surface area contributed by atoms with Crippen molar-refractivity contribution in [1.29, 1.82) is 0 Å². The maximum Gasteiger partial charge on any atom is 0.435 e. The summed E-state index contributed by atoms with van der Waals surface area (Å²) >= 11 is 3.21. The van der Waals surface area contributed by atoms with E-state index in [0.717, 1.165) is 18.3 Å². The summed E-state index contributed by atoms with van der Waals surface area (Å²) in [7, 11) is 1.77. The molecule has 0 amide bonds. The average Bonchev–Trinajstić information content (AvgIpc) is 2.88. The van der Waals surface area contributed by atoms with Gasteiger partial charge in [0.05, 0.1) is 0 Å². The molecule has 0 fully saturated rings. The molecule has 1 aromatic carbocycles. The Balaban J connectivity index is 1.93. The molecule has 0 bridgehead atoms. The van der Waals surface area contributed by atoms with Crippen LogP contribution in [0.1, 0.15) is 11.3 Å². The molecule has 0 aliphatic carbocycles. The highest BCUT2D eigenvalue weighted by Gasteiger charge is 2.37. The lowest BCUT2D eigenvalue weighted by Gasteiger charge is -2.21. The van der Waals surface area contributed by atoms with E-state index in [1.54, 1.807) is 12.1 Å². The molecule has 5 nitrogen and oxygen atoms in total. The number of fused-ring (bicyclic) bond motifs is 1. The first-order chi connectivity index (χ1) is 11.4. The molecule has 0 spiro atoms. The SMILES string of the molecule is CN(CCc1ccccc1)n1c(Br)nc2c(C(F)(F)F)ncnc21. The van der Waals surface area contributed by atoms with E-state index in [1.165, 1.54) is 4.68 Å². The number of halogens is 4. The predicted molar refractivity (Wildman–Crippen MR) is 87.2 cm³/mol. The fraction of sp³-hybridized carbons (Fsp3) is 0.267. The summed E-state index contributed by atoms with van der Waals surface area (Å²) in [5.74, 6) is 0. The second-order valence-electron chi connectivity index (χ2n) is 5.20. The van der Waals surface area contributed by atoms with Gasteiger partial charge >= 0.3 is 6.18 Å². The molecule has 0 aliphatic heterocycles. The van der Waals surface area contributed by atoms with Crippen molar-refractivity contribution in [3.8, 4) is 0 Å². The lowest BCUT2D eigenvalue weighted by molar-refractivity contribution is -0.140. The van der Waals surface area contributed by atoms with Gasteiger partial charge in [-0.3, -0.25) is 0 Å². The van der Waals surface area contributed by atoms with Crippen LogP contribution in [0.4, 0.5) is 13.2 Å². The second kappa shape index (κ2) is 6.39. The Morgan fingerprint density at radius 2 is 1.88 bits per heavy atom. The van der Waals surface area contributed by atoms with Crippen LogP contribution in [0.5, 0.6) is 0 Å². The Morgan fingerprint density at radius 1 is 1.17 bits per heavy atom. The van der Waals surface area contributed by atoms with Crippen LogP contribution in [0.25, 0.3) is 11.2 Å². The number of nitrogens with zero attached hydrogens (tertiary/aromatic N) is 5. The lowest BCUT2D eigenvalue weighted by Crippen LogP contribution is -2.32. The van der Waals surface area contributed by atoms with Gasteiger partial charge in [-0.15, -0.1) is 0 Å². The Hall–Kier alpha value is -2.16. The van der Waals surface area contributed by atoms with Gasteiger partial charge in [-0.1, -0.05) is 30.3 Å². The summed E-state index contributed by atoms with van der Waals surface area (Å²) in [5.41, 5.74) is -0.0675. The molecule has 24 heavy (non-hydrogen) atoms. The van der Waals surface area contributed by atoms with Crippen molar-refractivity contribution in [2.45, 2.75) is 12.6 Å². The first-order valence-electron chi connectivity index (χ1n) is 7.09. The van der Waals surface area contributed by atoms with Crippen molar-refractivity contribution in [2.75, 3.05) is 18.6 Å². The summed E-state index contributed by atoms with van der Waals surface area (Å²) in [6.45, 7) is 0.583. The number of rotatable bonds is 4. The molecule has 0 unspecified atom stereocenters. The summed E-state index contributed by atoms with van der Waals surface area (Å²) in [5, 5.41) is 1.76. The highest BCUT2D eigenvalue weighted by atomic mass is 79.9. The van der Waals surface area contributed by atoms with Crippen LogP contribution >= 0.6 is 15.9 Å². The smallest absolute Gasteiger partial charge is 0.312 e. The van der Waals surface area contributed by atoms with Gasteiger partial charge in [-0.2, -0.15) is 13.2 Å². The summed E-state index contributed by atoms with van der Waals surface area (Å²) < 4.78 is 40.9. The largest absolute Gasteiger partial charge is 0.435 e. The number of hydrogen-bond acceptors (Lipinski definition) is 4. The molecule has 2 aromatic heterocycles. The zero-order valence-electron chi connectivity index (χ0n) is 12.6. The standard InChI is InChI=1S/C15H13BrF3N5/c1-23(8-7-10-5-3-2-4-6-10)24-13-11(22-14(24)16)12(15(17,18)19)20-9-21-13/h2-6,9H,7-8H2,1H3. The van der Waals surface area contributed by atoms with E-state index in [4.69, 9.17) is 0 Å². The summed E-state index contributed by atoms with van der Waals surface area (Å²) in [6, 6.07) is 9.82. The molecule has 9 heteroatoms. The number of aromatic nitrogens is 4. The number of alkyl halides is 3. The predicted octanol–water partition coefficient (Wildman–Crippen LogP) is 3.42. The summed E-state index contributed by atoms with van der Waals surface area (Å²) in [4.78, 5) is 11.3. The van der Waals surface area contributed by atoms with E-state index in [9.17, 15) is 13.2 Å². The number of likely N-dealkylation sites (N-methyl/N-ethyl adjacent to an activating group) is 1. The third kappa shape index (κ3) is 3.21. The first-order valence-corrected chi connectivity index (χ1v) is 7.88. The third-order valence-electron chi connectivity index (χ3n) is 3.56. The fourth-order valence-corrected chi connectivity index (χ4v) is 3.02. The van der Waals surface area contributed by atoms with Crippen molar-refractivity contribution in [3.05, 3.63) is 52.7 Å². The third-order valence-corrected chi connectivity index (χ3v) is 4.07. The van der Waals surface area contributed by atoms with Crippen molar-refractivity contribution in [3.63, 3.8) is 0 Å². The molecule has 3 rings (SSSR count). The van der Waals surface area contributed by atoms with Crippen LogP contribution in [0.3, 0.4) is 0 Å². The molecule has 2 heterocycles. The van der Waals surface area contributed by atoms with E-state index < -0.39 is 11.9 Å². The minimum atomic E-state index is -4.58. The fourth-order valence-electron chi connectivity index (χ4n) is 2.40. The zero-order chi connectivity index (χ0) is 17.3. The van der Waals surface area contributed by atoms with E-state index >= 15 is 0 Å². The van der Waals surface area contributed by atoms with E-state index in [0.29, 0.717) is 6.54 Å². The van der Waals surface area contributed by atoms with E-state index in [-0.39, 0.29) is 15.9 Å². The van der Waals surface area contributed by atoms with Gasteiger partial charge in [0.2, 0.25) is 0 Å². The van der Waals surface area contributed by atoms with Crippen molar-refractivity contribution in [1.82, 2.24) is 19.6 Å². The molecule has 126 valence electrons. The Morgan fingerprint density at radius 3 is 2.54 bits per heavy atom. The van der Waals surface area contributed by atoms with Crippen LogP contribution in [0.15, 0.2) is 41.4 Å². The van der Waals surface area contributed by atoms with Crippen LogP contribution in [-0.2, 0) is 12.6 Å². The molecule has 0 N–H and O–H groups in total. The zero-order valence-corrected chi connectivity index (χ0v) is 14.2. The molecule has 0 radical (unpaired) electrons. The highest BCUT2D eigenvalue weighted by molar-refractivity contribution is 9.10. The number of hydrogen-bond donors (Lipinski definition) is 0. The van der Waals surface area contributed by atoms with Gasteiger partial charge in [0.1, 0.15) is 11.8 Å². The van der Waals surface area contributed by atoms with Gasteiger partial charge in [-0.05, 0) is 27.9 Å². The molecular formula is C15H13BrF3N5. The number of benzene rings is 1. The van der Waals surface area contributed by atoms with Gasteiger partial charge in [-0.25, -0.2) is 19.6 Å². The second-order valence-corrected chi connectivity index (χ2v) is 5.91. The number of imidazole rings is 1. The van der Waals surface area contributed by atoms with E-state index in [1.807, 2.05) is 30.3 Å². The monoisotopic (exact) mass is 399 g/mol. The minimum absolute atomic E-state index is 0.111. The van der Waals surface area contributed by atoms with Gasteiger partial charge in [0.15, 0.2) is 16.1 Å². The average molecular weight is 400 g/mol. The molecule has 0 atom stereocenters. The highest BCUT2D eigenvalue weighted by Crippen LogP contribution is 2.32. The molecular weight excluding hydrogens is 387 g/mol. The van der Waals surface area contributed by atoms with Gasteiger partial charge < -0.3 is 5.01 Å². The normalized spacial score (nSPS) is 11.9. The maximum absolute atomic E-state index is 13.1. The maximum atomic E-state index is 13.1. The molecule has 0 saturated heterocycles. The van der Waals surface area contributed by atoms with Crippen molar-refractivity contribution >= 4 is 27.1 Å². The van der Waals surface area contributed by atoms with Crippen molar-refractivity contribution in [2.24, 2.45) is 0 Å². The van der Waals surface area contributed by atoms with Crippen LogP contribution < -0.4 is 5.01 Å². The minimum Gasteiger partial charge on any atom is -0.312 e. The quantitative estimate of drug-likeness (QED) is 0.630. The Bertz CT molecular complexity index is 847. The lowest BCUT2D eigenvalue weighted by atomic mass is 10.1. The Labute approximate surface area is 144 Å². The van der Waals surface area contributed by atoms with Crippen LogP contribution in [0.2, 0.25) is 0 Å². The van der Waals surface area contributed by atoms with Crippen molar-refractivity contribution < 1.29 is 13.2 Å². The first kappa shape index (κ1) is 16.7. The Kier molecular flexibility index (Phi) is 4.44. The molecule has 3 aromatic rings. The van der Waals surface area contributed by atoms with Crippen LogP contribution in [0, 0.1) is 0 Å². The topological polar surface area (TPSA) is 46.8 Å². The molecule has 0 saturated carbocycles. The molecule has 0 aliphatic rings. The van der Waals surface area contributed by atoms with Gasteiger partial charge in [0.25, 0.3) is 0 Å².